The molecule has 0 aromatic carbocycles. The van der Waals surface area contributed by atoms with Gasteiger partial charge in [0.15, 0.2) is 0 Å². The largest absolute Gasteiger partial charge is 0.309 e. The molecule has 2 atom stereocenters. The number of hydrogen-bond acceptors (Lipinski definition) is 2. The van der Waals surface area contributed by atoms with Crippen LogP contribution in [-0.2, 0) is 13.5 Å². The average molecular weight is 237 g/mol. The van der Waals surface area contributed by atoms with E-state index in [-0.39, 0.29) is 0 Å². The van der Waals surface area contributed by atoms with Crippen molar-refractivity contribution in [2.24, 2.45) is 13.0 Å². The number of aromatic nitrogens is 2. The Kier molecular flexibility index (Phi) is 5.69. The molecule has 0 aliphatic heterocycles. The van der Waals surface area contributed by atoms with Crippen LogP contribution in [0.15, 0.2) is 6.07 Å². The van der Waals surface area contributed by atoms with Gasteiger partial charge in [0, 0.05) is 7.05 Å². The first-order valence-electron chi connectivity index (χ1n) is 6.90. The zero-order chi connectivity index (χ0) is 12.8. The maximum Gasteiger partial charge on any atom is 0.0625 e. The molecular formula is C14H27N3. The van der Waals surface area contributed by atoms with Crippen LogP contribution in [0.3, 0.4) is 0 Å². The molecule has 1 aromatic heterocycles. The van der Waals surface area contributed by atoms with Crippen LogP contribution in [0.5, 0.6) is 0 Å². The second-order valence-corrected chi connectivity index (χ2v) is 4.84. The lowest BCUT2D eigenvalue weighted by atomic mass is 9.94. The molecule has 0 bridgehead atoms. The van der Waals surface area contributed by atoms with Gasteiger partial charge in [-0.15, -0.1) is 0 Å². The minimum atomic E-state index is 0.428. The SMILES string of the molecule is CCCC(C)C(NCC)c1cc(CC)nn1C. The maximum absolute atomic E-state index is 4.55. The molecule has 0 aliphatic carbocycles. The lowest BCUT2D eigenvalue weighted by Gasteiger charge is -2.24. The summed E-state index contributed by atoms with van der Waals surface area (Å²) < 4.78 is 2.04. The molecule has 3 heteroatoms. The van der Waals surface area contributed by atoms with Crippen molar-refractivity contribution in [1.82, 2.24) is 15.1 Å². The predicted octanol–water partition coefficient (Wildman–Crippen LogP) is 3.07. The fourth-order valence-corrected chi connectivity index (χ4v) is 2.45. The van der Waals surface area contributed by atoms with Crippen LogP contribution in [0.2, 0.25) is 0 Å². The molecule has 3 nitrogen and oxygen atoms in total. The van der Waals surface area contributed by atoms with Crippen molar-refractivity contribution in [2.75, 3.05) is 6.54 Å². The van der Waals surface area contributed by atoms with Crippen LogP contribution in [0.1, 0.15) is 58.0 Å². The highest BCUT2D eigenvalue weighted by Crippen LogP contribution is 2.25. The quantitative estimate of drug-likeness (QED) is 0.790. The second kappa shape index (κ2) is 6.80. The third-order valence-electron chi connectivity index (χ3n) is 3.38. The summed E-state index contributed by atoms with van der Waals surface area (Å²) in [5.41, 5.74) is 2.51. The Morgan fingerprint density at radius 3 is 2.53 bits per heavy atom. The minimum Gasteiger partial charge on any atom is -0.309 e. The van der Waals surface area contributed by atoms with E-state index in [1.54, 1.807) is 0 Å². The van der Waals surface area contributed by atoms with Crippen molar-refractivity contribution in [3.05, 3.63) is 17.5 Å². The van der Waals surface area contributed by atoms with Crippen LogP contribution in [-0.4, -0.2) is 16.3 Å². The van der Waals surface area contributed by atoms with Crippen molar-refractivity contribution in [2.45, 2.75) is 53.0 Å². The Bertz CT molecular complexity index is 330. The van der Waals surface area contributed by atoms with Crippen LogP contribution in [0.4, 0.5) is 0 Å². The van der Waals surface area contributed by atoms with E-state index in [9.17, 15) is 0 Å². The van der Waals surface area contributed by atoms with E-state index >= 15 is 0 Å². The highest BCUT2D eigenvalue weighted by atomic mass is 15.3. The van der Waals surface area contributed by atoms with Gasteiger partial charge < -0.3 is 5.32 Å². The van der Waals surface area contributed by atoms with E-state index in [1.165, 1.54) is 24.2 Å². The number of rotatable bonds is 7. The van der Waals surface area contributed by atoms with Crippen LogP contribution >= 0.6 is 0 Å². The van der Waals surface area contributed by atoms with E-state index in [0.717, 1.165) is 13.0 Å². The van der Waals surface area contributed by atoms with Crippen LogP contribution < -0.4 is 5.32 Å². The lowest BCUT2D eigenvalue weighted by Crippen LogP contribution is -2.28. The molecule has 0 radical (unpaired) electrons. The zero-order valence-corrected chi connectivity index (χ0v) is 12.0. The summed E-state index contributed by atoms with van der Waals surface area (Å²) in [5, 5.41) is 8.15. The summed E-state index contributed by atoms with van der Waals surface area (Å²) in [7, 11) is 2.05. The normalized spacial score (nSPS) is 14.9. The Labute approximate surface area is 106 Å². The van der Waals surface area contributed by atoms with Crippen molar-refractivity contribution in [3.8, 4) is 0 Å². The van der Waals surface area contributed by atoms with Gasteiger partial charge in [-0.05, 0) is 31.4 Å². The highest BCUT2D eigenvalue weighted by molar-refractivity contribution is 5.15. The average Bonchev–Trinajstić information content (AvgIpc) is 2.67. The maximum atomic E-state index is 4.55. The molecule has 0 saturated heterocycles. The fourth-order valence-electron chi connectivity index (χ4n) is 2.45. The molecule has 1 rings (SSSR count). The summed E-state index contributed by atoms with van der Waals surface area (Å²) in [5.74, 6) is 0.653. The molecule has 17 heavy (non-hydrogen) atoms. The molecule has 98 valence electrons. The molecule has 1 N–H and O–H groups in total. The summed E-state index contributed by atoms with van der Waals surface area (Å²) in [6.07, 6.45) is 3.50. The molecule has 1 heterocycles. The predicted molar refractivity (Wildman–Crippen MR) is 73.1 cm³/mol. The van der Waals surface area contributed by atoms with E-state index in [1.807, 2.05) is 4.68 Å². The van der Waals surface area contributed by atoms with Crippen molar-refractivity contribution in [1.29, 1.82) is 0 Å². The van der Waals surface area contributed by atoms with Crippen molar-refractivity contribution >= 4 is 0 Å². The Morgan fingerprint density at radius 2 is 2.06 bits per heavy atom. The van der Waals surface area contributed by atoms with E-state index in [4.69, 9.17) is 0 Å². The smallest absolute Gasteiger partial charge is 0.0625 e. The monoisotopic (exact) mass is 237 g/mol. The molecule has 0 spiro atoms. The topological polar surface area (TPSA) is 29.9 Å². The molecular weight excluding hydrogens is 210 g/mol. The number of hydrogen-bond donors (Lipinski definition) is 1. The Morgan fingerprint density at radius 1 is 1.35 bits per heavy atom. The molecule has 0 fully saturated rings. The standard InChI is InChI=1S/C14H27N3/c1-6-9-11(4)14(15-8-3)13-10-12(7-2)16-17(13)5/h10-11,14-15H,6-9H2,1-5H3. The van der Waals surface area contributed by atoms with E-state index in [2.05, 4.69) is 51.2 Å². The van der Waals surface area contributed by atoms with E-state index in [0.29, 0.717) is 12.0 Å². The minimum absolute atomic E-state index is 0.428. The van der Waals surface area contributed by atoms with Gasteiger partial charge in [-0.2, -0.15) is 5.10 Å². The third-order valence-corrected chi connectivity index (χ3v) is 3.38. The third kappa shape index (κ3) is 3.56. The van der Waals surface area contributed by atoms with Gasteiger partial charge in [0.2, 0.25) is 0 Å². The number of aryl methyl sites for hydroxylation is 2. The molecule has 0 saturated carbocycles. The zero-order valence-electron chi connectivity index (χ0n) is 12.0. The van der Waals surface area contributed by atoms with Gasteiger partial charge >= 0.3 is 0 Å². The van der Waals surface area contributed by atoms with Gasteiger partial charge in [-0.1, -0.05) is 34.1 Å². The summed E-state index contributed by atoms with van der Waals surface area (Å²) in [4.78, 5) is 0. The molecule has 0 amide bonds. The van der Waals surface area contributed by atoms with E-state index < -0.39 is 0 Å². The first-order valence-corrected chi connectivity index (χ1v) is 6.90. The van der Waals surface area contributed by atoms with Gasteiger partial charge in [0.25, 0.3) is 0 Å². The Hall–Kier alpha value is -0.830. The van der Waals surface area contributed by atoms with Crippen molar-refractivity contribution in [3.63, 3.8) is 0 Å². The number of nitrogens with one attached hydrogen (secondary N) is 1. The summed E-state index contributed by atoms with van der Waals surface area (Å²) >= 11 is 0. The summed E-state index contributed by atoms with van der Waals surface area (Å²) in [6.45, 7) is 9.91. The van der Waals surface area contributed by atoms with Crippen LogP contribution in [0.25, 0.3) is 0 Å². The Balaban J connectivity index is 2.91. The lowest BCUT2D eigenvalue weighted by molar-refractivity contribution is 0.352. The van der Waals surface area contributed by atoms with Crippen LogP contribution in [0, 0.1) is 5.92 Å². The summed E-state index contributed by atoms with van der Waals surface area (Å²) in [6, 6.07) is 2.68. The molecule has 2 unspecified atom stereocenters. The fraction of sp³-hybridized carbons (Fsp3) is 0.786. The van der Waals surface area contributed by atoms with Gasteiger partial charge in [0.1, 0.15) is 0 Å². The second-order valence-electron chi connectivity index (χ2n) is 4.84. The van der Waals surface area contributed by atoms with Gasteiger partial charge in [-0.25, -0.2) is 0 Å². The molecule has 1 aromatic rings. The van der Waals surface area contributed by atoms with Crippen molar-refractivity contribution < 1.29 is 0 Å². The molecule has 0 aliphatic rings. The van der Waals surface area contributed by atoms with Gasteiger partial charge in [0.05, 0.1) is 17.4 Å². The number of nitrogens with zero attached hydrogens (tertiary/aromatic N) is 2. The first kappa shape index (κ1) is 14.2. The first-order chi connectivity index (χ1) is 8.13. The highest BCUT2D eigenvalue weighted by Gasteiger charge is 2.21. The van der Waals surface area contributed by atoms with Gasteiger partial charge in [-0.3, -0.25) is 4.68 Å².